The Morgan fingerprint density at radius 2 is 1.68 bits per heavy atom. The van der Waals surface area contributed by atoms with Gasteiger partial charge in [0.1, 0.15) is 0 Å². The van der Waals surface area contributed by atoms with E-state index >= 15 is 0 Å². The lowest BCUT2D eigenvalue weighted by atomic mass is 10.2. The molecular weight excluding hydrogens is 372 g/mol. The molecule has 4 rings (SSSR count). The van der Waals surface area contributed by atoms with Gasteiger partial charge in [0.15, 0.2) is 0 Å². The Kier molecular flexibility index (Phi) is 5.98. The fraction of sp³-hybridized carbons (Fsp3) is 0.364. The van der Waals surface area contributed by atoms with Crippen molar-refractivity contribution in [3.8, 4) is 0 Å². The van der Waals surface area contributed by atoms with Crippen molar-refractivity contribution < 1.29 is 14.3 Å². The maximum absolute atomic E-state index is 12.8. The van der Waals surface area contributed by atoms with Crippen molar-refractivity contribution in [2.24, 2.45) is 5.92 Å². The summed E-state index contributed by atoms with van der Waals surface area (Å²) < 4.78 is 5.68. The first-order valence-corrected chi connectivity index (χ1v) is 10.7. The number of hydrogen-bond acceptors (Lipinski definition) is 4. The zero-order chi connectivity index (χ0) is 19.3. The minimum Gasteiger partial charge on any atom is -0.377 e. The van der Waals surface area contributed by atoms with E-state index in [1.165, 1.54) is 0 Å². The Morgan fingerprint density at radius 3 is 2.36 bits per heavy atom. The van der Waals surface area contributed by atoms with E-state index in [-0.39, 0.29) is 23.8 Å². The minimum absolute atomic E-state index is 0.0778. The highest BCUT2D eigenvalue weighted by molar-refractivity contribution is 7.99. The number of rotatable bonds is 7. The number of ether oxygens (including phenoxy) is 1. The molecule has 2 N–H and O–H groups in total. The predicted molar refractivity (Wildman–Crippen MR) is 112 cm³/mol. The molecule has 0 radical (unpaired) electrons. The average molecular weight is 397 g/mol. The fourth-order valence-corrected chi connectivity index (χ4v) is 4.28. The van der Waals surface area contributed by atoms with Crippen LogP contribution in [-0.4, -0.2) is 30.3 Å². The first-order valence-electron chi connectivity index (χ1n) is 9.75. The van der Waals surface area contributed by atoms with Crippen LogP contribution >= 0.6 is 11.8 Å². The van der Waals surface area contributed by atoms with Gasteiger partial charge < -0.3 is 15.4 Å². The zero-order valence-electron chi connectivity index (χ0n) is 15.6. The summed E-state index contributed by atoms with van der Waals surface area (Å²) in [5.74, 6) is 0.974. The van der Waals surface area contributed by atoms with Gasteiger partial charge in [-0.2, -0.15) is 0 Å². The molecule has 1 aliphatic carbocycles. The Hall–Kier alpha value is -2.31. The summed E-state index contributed by atoms with van der Waals surface area (Å²) in [4.78, 5) is 25.6. The van der Waals surface area contributed by atoms with Gasteiger partial charge in [-0.1, -0.05) is 12.1 Å². The number of benzene rings is 2. The average Bonchev–Trinajstić information content (AvgIpc) is 3.44. The van der Waals surface area contributed by atoms with E-state index in [9.17, 15) is 9.59 Å². The monoisotopic (exact) mass is 396 g/mol. The molecule has 1 unspecified atom stereocenters. The Balaban J connectivity index is 1.36. The van der Waals surface area contributed by atoms with Gasteiger partial charge in [-0.05, 0) is 62.1 Å². The third-order valence-electron chi connectivity index (χ3n) is 4.94. The summed E-state index contributed by atoms with van der Waals surface area (Å²) in [5, 5.41) is 5.85. The minimum atomic E-state index is -0.134. The standard InChI is InChI=1S/C22H24N2O3S/c25-21(15-7-8-15)23-16-9-11-17(12-10-16)24-22(26)19-5-1-2-6-20(19)28-14-18-4-3-13-27-18/h1-2,5-6,9-12,15,18H,3-4,7-8,13-14H2,(H,23,25)(H,24,26). The van der Waals surface area contributed by atoms with E-state index in [1.54, 1.807) is 11.8 Å². The number of anilines is 2. The van der Waals surface area contributed by atoms with Gasteiger partial charge in [0.25, 0.3) is 5.91 Å². The lowest BCUT2D eigenvalue weighted by Gasteiger charge is -2.13. The highest BCUT2D eigenvalue weighted by atomic mass is 32.2. The number of carbonyl (C=O) groups excluding carboxylic acids is 2. The molecule has 0 spiro atoms. The van der Waals surface area contributed by atoms with E-state index in [1.807, 2.05) is 48.5 Å². The molecule has 6 heteroatoms. The summed E-state index contributed by atoms with van der Waals surface area (Å²) in [6.45, 7) is 0.838. The second kappa shape index (κ2) is 8.80. The molecule has 1 heterocycles. The van der Waals surface area contributed by atoms with E-state index < -0.39 is 0 Å². The number of hydrogen-bond donors (Lipinski definition) is 2. The summed E-state index contributed by atoms with van der Waals surface area (Å²) in [7, 11) is 0. The third-order valence-corrected chi connectivity index (χ3v) is 6.14. The molecule has 2 fully saturated rings. The molecule has 1 atom stereocenters. The highest BCUT2D eigenvalue weighted by Crippen LogP contribution is 2.30. The van der Waals surface area contributed by atoms with Crippen LogP contribution in [0.5, 0.6) is 0 Å². The molecule has 1 aliphatic heterocycles. The van der Waals surface area contributed by atoms with Crippen LogP contribution in [0.4, 0.5) is 11.4 Å². The van der Waals surface area contributed by atoms with Gasteiger partial charge in [-0.25, -0.2) is 0 Å². The van der Waals surface area contributed by atoms with Crippen molar-refractivity contribution in [3.05, 3.63) is 54.1 Å². The van der Waals surface area contributed by atoms with E-state index in [4.69, 9.17) is 4.74 Å². The van der Waals surface area contributed by atoms with Crippen LogP contribution in [0.1, 0.15) is 36.0 Å². The van der Waals surface area contributed by atoms with Crippen LogP contribution in [0.3, 0.4) is 0 Å². The number of thioether (sulfide) groups is 1. The van der Waals surface area contributed by atoms with Gasteiger partial charge in [0.2, 0.25) is 5.91 Å². The molecule has 5 nitrogen and oxygen atoms in total. The molecule has 2 amide bonds. The summed E-state index contributed by atoms with van der Waals surface area (Å²) in [6, 6.07) is 14.9. The number of amides is 2. The number of nitrogens with one attached hydrogen (secondary N) is 2. The fourth-order valence-electron chi connectivity index (χ4n) is 3.16. The summed E-state index contributed by atoms with van der Waals surface area (Å²) in [6.07, 6.45) is 4.43. The van der Waals surface area contributed by atoms with Crippen LogP contribution < -0.4 is 10.6 Å². The molecule has 1 saturated carbocycles. The van der Waals surface area contributed by atoms with Crippen molar-refractivity contribution >= 4 is 35.0 Å². The molecule has 2 aromatic carbocycles. The molecule has 2 aromatic rings. The smallest absolute Gasteiger partial charge is 0.256 e. The highest BCUT2D eigenvalue weighted by Gasteiger charge is 2.29. The maximum Gasteiger partial charge on any atom is 0.256 e. The SMILES string of the molecule is O=C(Nc1ccc(NC(=O)C2CC2)cc1)c1ccccc1SCC1CCCO1. The van der Waals surface area contributed by atoms with Crippen molar-refractivity contribution in [3.63, 3.8) is 0 Å². The van der Waals surface area contributed by atoms with E-state index in [2.05, 4.69) is 10.6 Å². The Labute approximate surface area is 169 Å². The largest absolute Gasteiger partial charge is 0.377 e. The van der Waals surface area contributed by atoms with Gasteiger partial charge >= 0.3 is 0 Å². The maximum atomic E-state index is 12.8. The van der Waals surface area contributed by atoms with Crippen LogP contribution in [0.15, 0.2) is 53.4 Å². The zero-order valence-corrected chi connectivity index (χ0v) is 16.5. The topological polar surface area (TPSA) is 67.4 Å². The van der Waals surface area contributed by atoms with Crippen LogP contribution in [0, 0.1) is 5.92 Å². The van der Waals surface area contributed by atoms with Crippen LogP contribution in [0.2, 0.25) is 0 Å². The summed E-state index contributed by atoms with van der Waals surface area (Å²) in [5.41, 5.74) is 2.12. The lowest BCUT2D eigenvalue weighted by molar-refractivity contribution is -0.117. The molecule has 28 heavy (non-hydrogen) atoms. The molecular formula is C22H24N2O3S. The summed E-state index contributed by atoms with van der Waals surface area (Å²) >= 11 is 1.67. The van der Waals surface area contributed by atoms with Gasteiger partial charge in [-0.3, -0.25) is 9.59 Å². The molecule has 2 aliphatic rings. The van der Waals surface area contributed by atoms with Crippen LogP contribution in [-0.2, 0) is 9.53 Å². The molecule has 0 aromatic heterocycles. The first kappa shape index (κ1) is 19.0. The van der Waals surface area contributed by atoms with Crippen molar-refractivity contribution in [1.29, 1.82) is 0 Å². The predicted octanol–water partition coefficient (Wildman–Crippen LogP) is 4.56. The molecule has 0 bridgehead atoms. The van der Waals surface area contributed by atoms with Crippen molar-refractivity contribution in [2.45, 2.75) is 36.7 Å². The second-order valence-corrected chi connectivity index (χ2v) is 8.30. The Bertz CT molecular complexity index is 843. The van der Waals surface area contributed by atoms with Gasteiger partial charge in [0, 0.05) is 34.5 Å². The van der Waals surface area contributed by atoms with Crippen molar-refractivity contribution in [2.75, 3.05) is 23.0 Å². The van der Waals surface area contributed by atoms with Gasteiger partial charge in [-0.15, -0.1) is 11.8 Å². The number of carbonyl (C=O) groups is 2. The van der Waals surface area contributed by atoms with E-state index in [0.717, 1.165) is 48.6 Å². The quantitative estimate of drug-likeness (QED) is 0.674. The van der Waals surface area contributed by atoms with Crippen molar-refractivity contribution in [1.82, 2.24) is 0 Å². The lowest BCUT2D eigenvalue weighted by Crippen LogP contribution is -2.15. The molecule has 146 valence electrons. The van der Waals surface area contributed by atoms with Crippen LogP contribution in [0.25, 0.3) is 0 Å². The second-order valence-electron chi connectivity index (χ2n) is 7.24. The normalized spacial score (nSPS) is 18.6. The molecule has 1 saturated heterocycles. The van der Waals surface area contributed by atoms with E-state index in [0.29, 0.717) is 11.3 Å². The van der Waals surface area contributed by atoms with Gasteiger partial charge in [0.05, 0.1) is 11.7 Å². The first-order chi connectivity index (χ1) is 13.7. The Morgan fingerprint density at radius 1 is 0.964 bits per heavy atom. The third kappa shape index (κ3) is 4.94.